The summed E-state index contributed by atoms with van der Waals surface area (Å²) in [7, 11) is 0. The van der Waals surface area contributed by atoms with Crippen LogP contribution in [0.5, 0.6) is 11.6 Å². The molecule has 1 heterocycles. The molecule has 18 heavy (non-hydrogen) atoms. The molecule has 2 rings (SSSR count). The molecule has 0 aliphatic carbocycles. The van der Waals surface area contributed by atoms with Crippen molar-refractivity contribution in [2.75, 3.05) is 0 Å². The smallest absolute Gasteiger partial charge is 0.314 e. The fourth-order valence-corrected chi connectivity index (χ4v) is 1.52. The van der Waals surface area contributed by atoms with Crippen molar-refractivity contribution in [3.05, 3.63) is 51.2 Å². The number of para-hydroxylation sites is 1. The Labute approximate surface area is 107 Å². The Hall–Kier alpha value is -2.21. The number of nitrogens with zero attached hydrogens (tertiary/aromatic N) is 3. The molecule has 0 saturated carbocycles. The number of aryl methyl sites for hydroxylation is 1. The third-order valence-electron chi connectivity index (χ3n) is 2.21. The minimum atomic E-state index is -0.492. The summed E-state index contributed by atoms with van der Waals surface area (Å²) in [4.78, 5) is 10.5. The van der Waals surface area contributed by atoms with E-state index in [-0.39, 0.29) is 22.5 Å². The Morgan fingerprint density at radius 2 is 2.06 bits per heavy atom. The monoisotopic (exact) mass is 265 g/mol. The van der Waals surface area contributed by atoms with E-state index in [4.69, 9.17) is 16.3 Å². The van der Waals surface area contributed by atoms with Crippen molar-refractivity contribution < 1.29 is 9.66 Å². The molecule has 0 aliphatic heterocycles. The highest BCUT2D eigenvalue weighted by Gasteiger charge is 2.19. The maximum atomic E-state index is 11.0. The first-order valence-corrected chi connectivity index (χ1v) is 5.37. The SMILES string of the molecule is Cc1cccc(Oc2ccc(Cl)nn2)c1[N+](=O)[O-]. The van der Waals surface area contributed by atoms with Crippen LogP contribution in [0.2, 0.25) is 5.15 Å². The summed E-state index contributed by atoms with van der Waals surface area (Å²) < 4.78 is 5.33. The van der Waals surface area contributed by atoms with E-state index in [1.54, 1.807) is 19.1 Å². The molecular formula is C11H8ClN3O3. The van der Waals surface area contributed by atoms with E-state index in [1.807, 2.05) is 0 Å². The Bertz CT molecular complexity index is 587. The predicted molar refractivity (Wildman–Crippen MR) is 64.9 cm³/mol. The van der Waals surface area contributed by atoms with Gasteiger partial charge in [-0.25, -0.2) is 0 Å². The molecule has 2 aromatic rings. The summed E-state index contributed by atoms with van der Waals surface area (Å²) in [5.74, 6) is 0.268. The molecule has 0 atom stereocenters. The van der Waals surface area contributed by atoms with Gasteiger partial charge in [-0.05, 0) is 19.1 Å². The molecule has 7 heteroatoms. The number of hydrogen-bond acceptors (Lipinski definition) is 5. The van der Waals surface area contributed by atoms with Gasteiger partial charge in [-0.1, -0.05) is 23.7 Å². The van der Waals surface area contributed by atoms with Crippen LogP contribution in [0.15, 0.2) is 30.3 Å². The van der Waals surface area contributed by atoms with Gasteiger partial charge in [0.1, 0.15) is 0 Å². The number of halogens is 1. The maximum absolute atomic E-state index is 11.0. The average Bonchev–Trinajstić information content (AvgIpc) is 2.32. The maximum Gasteiger partial charge on any atom is 0.314 e. The first-order chi connectivity index (χ1) is 8.58. The van der Waals surface area contributed by atoms with E-state index in [0.717, 1.165) is 0 Å². The van der Waals surface area contributed by atoms with Gasteiger partial charge >= 0.3 is 5.69 Å². The second-order valence-corrected chi connectivity index (χ2v) is 3.86. The lowest BCUT2D eigenvalue weighted by Crippen LogP contribution is -1.97. The minimum Gasteiger partial charge on any atom is -0.430 e. The molecule has 0 amide bonds. The third-order valence-corrected chi connectivity index (χ3v) is 2.41. The lowest BCUT2D eigenvalue weighted by atomic mass is 10.2. The largest absolute Gasteiger partial charge is 0.430 e. The van der Waals surface area contributed by atoms with Crippen molar-refractivity contribution in [3.8, 4) is 11.6 Å². The summed E-state index contributed by atoms with van der Waals surface area (Å²) in [6, 6.07) is 7.79. The molecule has 0 bridgehead atoms. The molecule has 0 spiro atoms. The Morgan fingerprint density at radius 3 is 2.67 bits per heavy atom. The molecule has 1 aromatic carbocycles. The van der Waals surface area contributed by atoms with Crippen molar-refractivity contribution in [1.82, 2.24) is 10.2 Å². The summed E-state index contributed by atoms with van der Waals surface area (Å²) in [5.41, 5.74) is 0.425. The number of hydrogen-bond donors (Lipinski definition) is 0. The van der Waals surface area contributed by atoms with Crippen molar-refractivity contribution >= 4 is 17.3 Å². The minimum absolute atomic E-state index is 0.0887. The number of ether oxygens (including phenoxy) is 1. The van der Waals surface area contributed by atoms with Crippen LogP contribution in [-0.4, -0.2) is 15.1 Å². The lowest BCUT2D eigenvalue weighted by Gasteiger charge is -2.06. The van der Waals surface area contributed by atoms with Gasteiger partial charge in [-0.15, -0.1) is 10.2 Å². The van der Waals surface area contributed by atoms with Crippen LogP contribution in [0.25, 0.3) is 0 Å². The second-order valence-electron chi connectivity index (χ2n) is 3.48. The summed E-state index contributed by atoms with van der Waals surface area (Å²) in [6.45, 7) is 1.64. The van der Waals surface area contributed by atoms with Crippen molar-refractivity contribution in [1.29, 1.82) is 0 Å². The zero-order valence-electron chi connectivity index (χ0n) is 9.33. The van der Waals surface area contributed by atoms with E-state index in [0.29, 0.717) is 5.56 Å². The van der Waals surface area contributed by atoms with Crippen LogP contribution in [-0.2, 0) is 0 Å². The summed E-state index contributed by atoms with van der Waals surface area (Å²) >= 11 is 5.58. The summed E-state index contributed by atoms with van der Waals surface area (Å²) in [6.07, 6.45) is 0. The van der Waals surface area contributed by atoms with Crippen LogP contribution in [0.3, 0.4) is 0 Å². The lowest BCUT2D eigenvalue weighted by molar-refractivity contribution is -0.386. The highest BCUT2D eigenvalue weighted by atomic mass is 35.5. The van der Waals surface area contributed by atoms with Crippen molar-refractivity contribution in [3.63, 3.8) is 0 Å². The van der Waals surface area contributed by atoms with E-state index in [2.05, 4.69) is 10.2 Å². The third kappa shape index (κ3) is 2.54. The van der Waals surface area contributed by atoms with Gasteiger partial charge in [0.15, 0.2) is 5.15 Å². The van der Waals surface area contributed by atoms with E-state index in [9.17, 15) is 10.1 Å². The first kappa shape index (κ1) is 12.3. The number of nitro benzene ring substituents is 1. The highest BCUT2D eigenvalue weighted by Crippen LogP contribution is 2.32. The topological polar surface area (TPSA) is 78.2 Å². The quantitative estimate of drug-likeness (QED) is 0.629. The van der Waals surface area contributed by atoms with E-state index >= 15 is 0 Å². The Kier molecular flexibility index (Phi) is 3.38. The van der Waals surface area contributed by atoms with Crippen molar-refractivity contribution in [2.45, 2.75) is 6.92 Å². The average molecular weight is 266 g/mol. The van der Waals surface area contributed by atoms with Gasteiger partial charge in [0.25, 0.3) is 0 Å². The van der Waals surface area contributed by atoms with E-state index in [1.165, 1.54) is 18.2 Å². The molecular weight excluding hydrogens is 258 g/mol. The van der Waals surface area contributed by atoms with Gasteiger partial charge < -0.3 is 4.74 Å². The van der Waals surface area contributed by atoms with Gasteiger partial charge in [0, 0.05) is 11.6 Å². The van der Waals surface area contributed by atoms with Crippen molar-refractivity contribution in [2.24, 2.45) is 0 Å². The first-order valence-electron chi connectivity index (χ1n) is 4.99. The van der Waals surface area contributed by atoms with Gasteiger partial charge in [-0.3, -0.25) is 10.1 Å². The van der Waals surface area contributed by atoms with Crippen LogP contribution in [0.4, 0.5) is 5.69 Å². The number of aromatic nitrogens is 2. The van der Waals surface area contributed by atoms with Crippen LogP contribution >= 0.6 is 11.6 Å². The standard InChI is InChI=1S/C11H8ClN3O3/c1-7-3-2-4-8(11(7)15(16)17)18-10-6-5-9(12)13-14-10/h2-6H,1H3. The predicted octanol–water partition coefficient (Wildman–Crippen LogP) is 3.14. The van der Waals surface area contributed by atoms with Crippen LogP contribution in [0, 0.1) is 17.0 Å². The summed E-state index contributed by atoms with van der Waals surface area (Å²) in [5, 5.41) is 18.4. The van der Waals surface area contributed by atoms with Gasteiger partial charge in [-0.2, -0.15) is 0 Å². The fourth-order valence-electron chi connectivity index (χ4n) is 1.42. The van der Waals surface area contributed by atoms with Gasteiger partial charge in [0.05, 0.1) is 4.92 Å². The number of benzene rings is 1. The normalized spacial score (nSPS) is 10.1. The molecule has 0 radical (unpaired) electrons. The molecule has 0 N–H and O–H groups in total. The highest BCUT2D eigenvalue weighted by molar-refractivity contribution is 6.29. The number of rotatable bonds is 3. The molecule has 0 unspecified atom stereocenters. The molecule has 1 aromatic heterocycles. The Balaban J connectivity index is 2.37. The molecule has 0 fully saturated rings. The van der Waals surface area contributed by atoms with Crippen LogP contribution in [0.1, 0.15) is 5.56 Å². The van der Waals surface area contributed by atoms with E-state index < -0.39 is 4.92 Å². The zero-order valence-corrected chi connectivity index (χ0v) is 10.1. The zero-order chi connectivity index (χ0) is 13.1. The fraction of sp³-hybridized carbons (Fsp3) is 0.0909. The van der Waals surface area contributed by atoms with Gasteiger partial charge in [0.2, 0.25) is 11.6 Å². The molecule has 0 saturated heterocycles. The number of nitro groups is 1. The van der Waals surface area contributed by atoms with Crippen LogP contribution < -0.4 is 4.74 Å². The molecule has 6 nitrogen and oxygen atoms in total. The second kappa shape index (κ2) is 4.97. The molecule has 0 aliphatic rings. The Morgan fingerprint density at radius 1 is 1.28 bits per heavy atom. The molecule has 92 valence electrons.